The van der Waals surface area contributed by atoms with Crippen LogP contribution in [-0.2, 0) is 23.7 Å². The van der Waals surface area contributed by atoms with Crippen LogP contribution < -0.4 is 0 Å². The van der Waals surface area contributed by atoms with Crippen molar-refractivity contribution in [2.75, 3.05) is 13.2 Å². The number of aliphatic hydroxyl groups excluding tert-OH is 1. The Morgan fingerprint density at radius 1 is 0.909 bits per heavy atom. The second kappa shape index (κ2) is 5.69. The van der Waals surface area contributed by atoms with Gasteiger partial charge in [-0.25, -0.2) is 0 Å². The van der Waals surface area contributed by atoms with Crippen molar-refractivity contribution in [2.45, 2.75) is 89.1 Å². The molecule has 3 fully saturated rings. The van der Waals surface area contributed by atoms with Crippen LogP contribution >= 0.6 is 0 Å². The molecule has 3 saturated heterocycles. The Morgan fingerprint density at radius 2 is 1.55 bits per heavy atom. The van der Waals surface area contributed by atoms with Crippen molar-refractivity contribution >= 4 is 0 Å². The molecule has 0 radical (unpaired) electrons. The van der Waals surface area contributed by atoms with Crippen LogP contribution in [0.4, 0.5) is 0 Å². The molecular weight excluding hydrogens is 288 g/mol. The summed E-state index contributed by atoms with van der Waals surface area (Å²) in [7, 11) is 0. The Bertz CT molecular complexity index is 399. The van der Waals surface area contributed by atoms with Crippen LogP contribution in [0.3, 0.4) is 0 Å². The standard InChI is InChI=1S/C16H28O6/c1-5-14(6-2)19-10-16(22-14)13(17)12-11(9-18-16)20-15(7-3,8-4)21-12/h11-13,17H,5-10H2,1-4H3. The van der Waals surface area contributed by atoms with E-state index in [-0.39, 0.29) is 12.7 Å². The molecule has 1 spiro atoms. The molecule has 4 atom stereocenters. The third-order valence-electron chi connectivity index (χ3n) is 5.39. The van der Waals surface area contributed by atoms with E-state index in [9.17, 15) is 5.11 Å². The van der Waals surface area contributed by atoms with Crippen LogP contribution in [0, 0.1) is 0 Å². The molecule has 128 valence electrons. The van der Waals surface area contributed by atoms with E-state index in [4.69, 9.17) is 23.7 Å². The highest BCUT2D eigenvalue weighted by Gasteiger charge is 2.63. The predicted octanol–water partition coefficient (Wildman–Crippen LogP) is 1.94. The highest BCUT2D eigenvalue weighted by Crippen LogP contribution is 2.47. The van der Waals surface area contributed by atoms with Gasteiger partial charge >= 0.3 is 0 Å². The van der Waals surface area contributed by atoms with Gasteiger partial charge in [0.2, 0.25) is 5.79 Å². The van der Waals surface area contributed by atoms with Gasteiger partial charge in [-0.1, -0.05) is 27.7 Å². The Morgan fingerprint density at radius 3 is 2.09 bits per heavy atom. The smallest absolute Gasteiger partial charge is 0.224 e. The SMILES string of the molecule is CCC1(CC)OC2COC3(COC(CC)(CC)O3)C(O)C2O1. The van der Waals surface area contributed by atoms with E-state index < -0.39 is 29.6 Å². The third-order valence-corrected chi connectivity index (χ3v) is 5.39. The molecule has 22 heavy (non-hydrogen) atoms. The van der Waals surface area contributed by atoms with Gasteiger partial charge in [0.15, 0.2) is 11.6 Å². The highest BCUT2D eigenvalue weighted by atomic mass is 16.9. The Kier molecular flexibility index (Phi) is 4.29. The van der Waals surface area contributed by atoms with Gasteiger partial charge < -0.3 is 28.8 Å². The van der Waals surface area contributed by atoms with Crippen LogP contribution in [-0.4, -0.2) is 54.0 Å². The summed E-state index contributed by atoms with van der Waals surface area (Å²) in [5.74, 6) is -2.45. The van der Waals surface area contributed by atoms with E-state index in [1.807, 2.05) is 27.7 Å². The molecule has 3 aliphatic heterocycles. The zero-order valence-corrected chi connectivity index (χ0v) is 14.0. The summed E-state index contributed by atoms with van der Waals surface area (Å²) in [5.41, 5.74) is 0. The van der Waals surface area contributed by atoms with Crippen LogP contribution in [0.15, 0.2) is 0 Å². The quantitative estimate of drug-likeness (QED) is 0.855. The van der Waals surface area contributed by atoms with Crippen molar-refractivity contribution in [2.24, 2.45) is 0 Å². The third kappa shape index (κ3) is 2.32. The van der Waals surface area contributed by atoms with Gasteiger partial charge in [-0.05, 0) is 25.7 Å². The highest BCUT2D eigenvalue weighted by molar-refractivity contribution is 5.02. The van der Waals surface area contributed by atoms with Crippen molar-refractivity contribution in [3.8, 4) is 0 Å². The first-order chi connectivity index (χ1) is 10.5. The Labute approximate surface area is 132 Å². The maximum absolute atomic E-state index is 10.8. The summed E-state index contributed by atoms with van der Waals surface area (Å²) >= 11 is 0. The monoisotopic (exact) mass is 316 g/mol. The summed E-state index contributed by atoms with van der Waals surface area (Å²) in [6, 6.07) is 0. The van der Waals surface area contributed by atoms with E-state index in [0.29, 0.717) is 19.4 Å². The second-order valence-electron chi connectivity index (χ2n) is 6.43. The van der Waals surface area contributed by atoms with Gasteiger partial charge in [-0.3, -0.25) is 0 Å². The fraction of sp³-hybridized carbons (Fsp3) is 1.00. The summed E-state index contributed by atoms with van der Waals surface area (Å²) < 4.78 is 30.0. The molecular formula is C16H28O6. The fourth-order valence-corrected chi connectivity index (χ4v) is 3.65. The molecule has 0 aromatic rings. The maximum atomic E-state index is 10.8. The molecule has 1 N–H and O–H groups in total. The average Bonchev–Trinajstić information content (AvgIpc) is 3.13. The predicted molar refractivity (Wildman–Crippen MR) is 78.1 cm³/mol. The number of hydrogen-bond acceptors (Lipinski definition) is 6. The van der Waals surface area contributed by atoms with E-state index in [2.05, 4.69) is 0 Å². The molecule has 0 bridgehead atoms. The Hall–Kier alpha value is -0.240. The maximum Gasteiger partial charge on any atom is 0.224 e. The minimum Gasteiger partial charge on any atom is -0.385 e. The van der Waals surface area contributed by atoms with Crippen molar-refractivity contribution in [3.63, 3.8) is 0 Å². The molecule has 0 saturated carbocycles. The first-order valence-corrected chi connectivity index (χ1v) is 8.49. The molecule has 0 aromatic carbocycles. The zero-order valence-electron chi connectivity index (χ0n) is 14.0. The fourth-order valence-electron chi connectivity index (χ4n) is 3.65. The van der Waals surface area contributed by atoms with Crippen LogP contribution in [0.1, 0.15) is 53.4 Å². The summed E-state index contributed by atoms with van der Waals surface area (Å²) in [6.07, 6.45) is 1.26. The van der Waals surface area contributed by atoms with Gasteiger partial charge in [-0.15, -0.1) is 0 Å². The zero-order chi connectivity index (χ0) is 16.0. The first-order valence-electron chi connectivity index (χ1n) is 8.49. The van der Waals surface area contributed by atoms with Gasteiger partial charge in [-0.2, -0.15) is 0 Å². The molecule has 0 aromatic heterocycles. The average molecular weight is 316 g/mol. The van der Waals surface area contributed by atoms with E-state index in [0.717, 1.165) is 12.8 Å². The normalized spacial score (nSPS) is 42.7. The number of hydrogen-bond donors (Lipinski definition) is 1. The molecule has 3 rings (SSSR count). The Balaban J connectivity index is 1.79. The molecule has 0 aliphatic carbocycles. The van der Waals surface area contributed by atoms with Gasteiger partial charge in [0, 0.05) is 0 Å². The summed E-state index contributed by atoms with van der Waals surface area (Å²) in [6.45, 7) is 8.63. The van der Waals surface area contributed by atoms with E-state index in [1.165, 1.54) is 0 Å². The lowest BCUT2D eigenvalue weighted by molar-refractivity contribution is -0.333. The number of aliphatic hydroxyl groups is 1. The number of ether oxygens (including phenoxy) is 5. The molecule has 6 nitrogen and oxygen atoms in total. The molecule has 3 aliphatic rings. The molecule has 6 heteroatoms. The van der Waals surface area contributed by atoms with E-state index in [1.54, 1.807) is 0 Å². The largest absolute Gasteiger partial charge is 0.385 e. The molecule has 4 unspecified atom stereocenters. The lowest BCUT2D eigenvalue weighted by Gasteiger charge is -2.42. The minimum atomic E-state index is -1.14. The topological polar surface area (TPSA) is 66.4 Å². The molecule has 0 amide bonds. The van der Waals surface area contributed by atoms with E-state index >= 15 is 0 Å². The van der Waals surface area contributed by atoms with Gasteiger partial charge in [0.25, 0.3) is 0 Å². The van der Waals surface area contributed by atoms with Crippen molar-refractivity contribution < 1.29 is 28.8 Å². The van der Waals surface area contributed by atoms with Crippen LogP contribution in [0.2, 0.25) is 0 Å². The van der Waals surface area contributed by atoms with Gasteiger partial charge in [0.05, 0.1) is 6.61 Å². The van der Waals surface area contributed by atoms with Crippen LogP contribution in [0.5, 0.6) is 0 Å². The summed E-state index contributed by atoms with van der Waals surface area (Å²) in [5, 5.41) is 10.8. The van der Waals surface area contributed by atoms with Gasteiger partial charge in [0.1, 0.15) is 24.9 Å². The van der Waals surface area contributed by atoms with Crippen LogP contribution in [0.25, 0.3) is 0 Å². The first kappa shape index (κ1) is 16.6. The van der Waals surface area contributed by atoms with Crippen molar-refractivity contribution in [3.05, 3.63) is 0 Å². The summed E-state index contributed by atoms with van der Waals surface area (Å²) in [4.78, 5) is 0. The van der Waals surface area contributed by atoms with Crippen molar-refractivity contribution in [1.29, 1.82) is 0 Å². The second-order valence-corrected chi connectivity index (χ2v) is 6.43. The lowest BCUT2D eigenvalue weighted by atomic mass is 9.97. The number of rotatable bonds is 4. The number of fused-ring (bicyclic) bond motifs is 1. The lowest BCUT2D eigenvalue weighted by Crippen LogP contribution is -2.61. The minimum absolute atomic E-state index is 0.216. The van der Waals surface area contributed by atoms with Crippen molar-refractivity contribution in [1.82, 2.24) is 0 Å². The molecule has 3 heterocycles.